The topological polar surface area (TPSA) is 96.9 Å². The summed E-state index contributed by atoms with van der Waals surface area (Å²) in [6.45, 7) is 1.24. The number of benzene rings is 1. The van der Waals surface area contributed by atoms with Crippen LogP contribution in [0.15, 0.2) is 23.3 Å². The molecule has 2 amide bonds. The number of hydrazone groups is 1. The van der Waals surface area contributed by atoms with Crippen molar-refractivity contribution in [2.24, 2.45) is 5.10 Å². The molecule has 1 aromatic carbocycles. The quantitative estimate of drug-likeness (QED) is 0.810. The number of amides is 2. The van der Waals surface area contributed by atoms with Gasteiger partial charge in [-0.2, -0.15) is 5.10 Å². The normalized spacial score (nSPS) is 15.3. The molecule has 0 fully saturated rings. The number of hydrogen-bond donors (Lipinski definition) is 2. The predicted octanol–water partition coefficient (Wildman–Crippen LogP) is 1.10. The molecule has 1 aromatic rings. The highest BCUT2D eigenvalue weighted by Gasteiger charge is 2.25. The van der Waals surface area contributed by atoms with Gasteiger partial charge in [0.05, 0.1) is 0 Å². The van der Waals surface area contributed by atoms with Crippen LogP contribution in [0.4, 0.5) is 14.5 Å². The number of nitrogens with zero attached hydrogens (tertiary/aromatic N) is 1. The Morgan fingerprint density at radius 1 is 1.30 bits per heavy atom. The standard InChI is InChI=1S/C14H13F2N3O4/c1-7(23-14(22)10-5-6-11(20)19-18-10)13(21)17-12-8(15)3-2-4-9(12)16/h2-4,7H,5-6H2,1H3,(H,17,21)(H,19,20)/t7-/m0/s1. The molecule has 0 saturated carbocycles. The summed E-state index contributed by atoms with van der Waals surface area (Å²) in [6.07, 6.45) is -1.14. The van der Waals surface area contributed by atoms with Gasteiger partial charge in [0, 0.05) is 12.8 Å². The summed E-state index contributed by atoms with van der Waals surface area (Å²) >= 11 is 0. The number of anilines is 1. The van der Waals surface area contributed by atoms with Crippen LogP contribution in [0.3, 0.4) is 0 Å². The third-order valence-corrected chi connectivity index (χ3v) is 3.00. The summed E-state index contributed by atoms with van der Waals surface area (Å²) in [5.74, 6) is -4.01. The van der Waals surface area contributed by atoms with E-state index in [1.165, 1.54) is 6.92 Å². The highest BCUT2D eigenvalue weighted by molar-refractivity contribution is 6.37. The largest absolute Gasteiger partial charge is 0.448 e. The van der Waals surface area contributed by atoms with Crippen LogP contribution in [0.25, 0.3) is 0 Å². The van der Waals surface area contributed by atoms with Gasteiger partial charge in [0.1, 0.15) is 23.0 Å². The zero-order valence-electron chi connectivity index (χ0n) is 12.1. The van der Waals surface area contributed by atoms with Crippen LogP contribution in [-0.4, -0.2) is 29.6 Å². The maximum atomic E-state index is 13.4. The van der Waals surface area contributed by atoms with Crippen molar-refractivity contribution in [3.63, 3.8) is 0 Å². The third-order valence-electron chi connectivity index (χ3n) is 3.00. The lowest BCUT2D eigenvalue weighted by molar-refractivity contribution is -0.146. The number of carbonyl (C=O) groups is 3. The molecule has 1 aliphatic rings. The van der Waals surface area contributed by atoms with Gasteiger partial charge in [0.25, 0.3) is 5.91 Å². The molecule has 0 aliphatic carbocycles. The molecule has 0 bridgehead atoms. The van der Waals surface area contributed by atoms with Crippen LogP contribution < -0.4 is 10.7 Å². The van der Waals surface area contributed by atoms with Gasteiger partial charge in [-0.15, -0.1) is 0 Å². The minimum Gasteiger partial charge on any atom is -0.448 e. The van der Waals surface area contributed by atoms with E-state index < -0.39 is 35.3 Å². The van der Waals surface area contributed by atoms with Crippen LogP contribution in [0.5, 0.6) is 0 Å². The van der Waals surface area contributed by atoms with Crippen molar-refractivity contribution in [1.82, 2.24) is 5.43 Å². The molecule has 0 radical (unpaired) electrons. The smallest absolute Gasteiger partial charge is 0.355 e. The average molecular weight is 325 g/mol. The second-order valence-corrected chi connectivity index (χ2v) is 4.73. The van der Waals surface area contributed by atoms with Crippen molar-refractivity contribution in [1.29, 1.82) is 0 Å². The van der Waals surface area contributed by atoms with E-state index in [4.69, 9.17) is 4.74 Å². The SMILES string of the molecule is C[C@H](OC(=O)C1=NNC(=O)CC1)C(=O)Nc1c(F)cccc1F. The van der Waals surface area contributed by atoms with Crippen molar-refractivity contribution in [3.05, 3.63) is 29.8 Å². The number of ether oxygens (including phenoxy) is 1. The van der Waals surface area contributed by atoms with Crippen LogP contribution in [0.1, 0.15) is 19.8 Å². The fourth-order valence-electron chi connectivity index (χ4n) is 1.75. The lowest BCUT2D eigenvalue weighted by atomic mass is 10.2. The molecule has 1 atom stereocenters. The van der Waals surface area contributed by atoms with Gasteiger partial charge in [-0.05, 0) is 19.1 Å². The zero-order valence-corrected chi connectivity index (χ0v) is 12.1. The lowest BCUT2D eigenvalue weighted by Gasteiger charge is -2.16. The maximum Gasteiger partial charge on any atom is 0.355 e. The molecule has 0 unspecified atom stereocenters. The van der Waals surface area contributed by atoms with E-state index >= 15 is 0 Å². The van der Waals surface area contributed by atoms with Gasteiger partial charge in [-0.3, -0.25) is 9.59 Å². The Labute approximate surface area is 129 Å². The minimum absolute atomic E-state index is 0.0404. The van der Waals surface area contributed by atoms with Crippen LogP contribution in [0, 0.1) is 11.6 Å². The lowest BCUT2D eigenvalue weighted by Crippen LogP contribution is -2.36. The summed E-state index contributed by atoms with van der Waals surface area (Å²) < 4.78 is 31.7. The second kappa shape index (κ2) is 6.95. The van der Waals surface area contributed by atoms with Crippen molar-refractivity contribution in [3.8, 4) is 0 Å². The number of carbonyl (C=O) groups excluding carboxylic acids is 3. The molecular weight excluding hydrogens is 312 g/mol. The molecule has 1 heterocycles. The number of rotatable bonds is 4. The zero-order chi connectivity index (χ0) is 17.0. The molecule has 9 heteroatoms. The predicted molar refractivity (Wildman–Crippen MR) is 75.4 cm³/mol. The van der Waals surface area contributed by atoms with E-state index in [1.54, 1.807) is 0 Å². The Morgan fingerprint density at radius 3 is 2.52 bits per heavy atom. The summed E-state index contributed by atoms with van der Waals surface area (Å²) in [5.41, 5.74) is 1.46. The van der Waals surface area contributed by atoms with E-state index in [2.05, 4.69) is 10.5 Å². The first-order valence-corrected chi connectivity index (χ1v) is 6.69. The summed E-state index contributed by atoms with van der Waals surface area (Å²) in [6, 6.07) is 3.11. The van der Waals surface area contributed by atoms with Gasteiger partial charge >= 0.3 is 5.97 Å². The van der Waals surface area contributed by atoms with Gasteiger partial charge in [0.15, 0.2) is 6.10 Å². The van der Waals surface area contributed by atoms with E-state index in [-0.39, 0.29) is 24.5 Å². The Bertz CT molecular complexity index is 670. The van der Waals surface area contributed by atoms with Gasteiger partial charge in [0.2, 0.25) is 5.91 Å². The fourth-order valence-corrected chi connectivity index (χ4v) is 1.75. The highest BCUT2D eigenvalue weighted by atomic mass is 19.1. The first-order chi connectivity index (χ1) is 10.9. The number of para-hydroxylation sites is 1. The Hall–Kier alpha value is -2.84. The number of nitrogens with one attached hydrogen (secondary N) is 2. The van der Waals surface area contributed by atoms with Crippen LogP contribution in [0.2, 0.25) is 0 Å². The Kier molecular flexibility index (Phi) is 4.99. The first kappa shape index (κ1) is 16.5. The molecule has 23 heavy (non-hydrogen) atoms. The molecular formula is C14H13F2N3O4. The van der Waals surface area contributed by atoms with E-state index in [0.717, 1.165) is 18.2 Å². The van der Waals surface area contributed by atoms with Crippen molar-refractivity contribution in [2.45, 2.75) is 25.9 Å². The monoisotopic (exact) mass is 325 g/mol. The maximum absolute atomic E-state index is 13.4. The van der Waals surface area contributed by atoms with E-state index in [0.29, 0.717) is 0 Å². The summed E-state index contributed by atoms with van der Waals surface area (Å²) in [5, 5.41) is 5.54. The molecule has 7 nitrogen and oxygen atoms in total. The van der Waals surface area contributed by atoms with Crippen molar-refractivity contribution >= 4 is 29.2 Å². The Morgan fingerprint density at radius 2 is 1.96 bits per heavy atom. The van der Waals surface area contributed by atoms with Crippen molar-refractivity contribution < 1.29 is 27.9 Å². The third kappa shape index (κ3) is 4.09. The molecule has 0 saturated heterocycles. The number of halogens is 2. The highest BCUT2D eigenvalue weighted by Crippen LogP contribution is 2.18. The number of hydrogen-bond acceptors (Lipinski definition) is 5. The molecule has 0 aromatic heterocycles. The molecule has 2 N–H and O–H groups in total. The second-order valence-electron chi connectivity index (χ2n) is 4.73. The van der Waals surface area contributed by atoms with Crippen LogP contribution in [-0.2, 0) is 19.1 Å². The van der Waals surface area contributed by atoms with Crippen LogP contribution >= 0.6 is 0 Å². The molecule has 122 valence electrons. The van der Waals surface area contributed by atoms with Gasteiger partial charge in [-0.1, -0.05) is 6.07 Å². The molecule has 0 spiro atoms. The number of esters is 1. The minimum atomic E-state index is -1.30. The van der Waals surface area contributed by atoms with Gasteiger partial charge < -0.3 is 10.1 Å². The molecule has 2 rings (SSSR count). The Balaban J connectivity index is 1.97. The van der Waals surface area contributed by atoms with Gasteiger partial charge in [-0.25, -0.2) is 19.0 Å². The van der Waals surface area contributed by atoms with E-state index in [1.807, 2.05) is 5.32 Å². The summed E-state index contributed by atoms with van der Waals surface area (Å²) in [4.78, 5) is 34.6. The fraction of sp³-hybridized carbons (Fsp3) is 0.286. The summed E-state index contributed by atoms with van der Waals surface area (Å²) in [7, 11) is 0. The van der Waals surface area contributed by atoms with Crippen molar-refractivity contribution in [2.75, 3.05) is 5.32 Å². The first-order valence-electron chi connectivity index (χ1n) is 6.69. The van der Waals surface area contributed by atoms with E-state index in [9.17, 15) is 23.2 Å². The average Bonchev–Trinajstić information content (AvgIpc) is 2.51. The molecule has 1 aliphatic heterocycles.